The molecule has 20 heavy (non-hydrogen) atoms. The van der Waals surface area contributed by atoms with Crippen LogP contribution in [-0.4, -0.2) is 22.0 Å². The number of nitrogens with two attached hydrogens (primary N) is 1. The number of benzene rings is 1. The lowest BCUT2D eigenvalue weighted by Gasteiger charge is -2.16. The van der Waals surface area contributed by atoms with Crippen molar-refractivity contribution >= 4 is 11.6 Å². The van der Waals surface area contributed by atoms with Crippen LogP contribution in [0.5, 0.6) is 0 Å². The number of carbonyl (C=O) groups excluding carboxylic acids is 1. The Hall–Kier alpha value is -2.14. The number of para-hydroxylation sites is 2. The van der Waals surface area contributed by atoms with Crippen molar-refractivity contribution in [1.29, 1.82) is 0 Å². The Labute approximate surface area is 118 Å². The van der Waals surface area contributed by atoms with Crippen LogP contribution in [-0.2, 0) is 4.79 Å². The predicted molar refractivity (Wildman–Crippen MR) is 79.6 cm³/mol. The summed E-state index contributed by atoms with van der Waals surface area (Å²) < 4.78 is 1.87. The predicted octanol–water partition coefficient (Wildman–Crippen LogP) is 2.19. The molecule has 3 N–H and O–H groups in total. The van der Waals surface area contributed by atoms with Crippen molar-refractivity contribution in [3.8, 4) is 5.69 Å². The van der Waals surface area contributed by atoms with Crippen LogP contribution in [0.15, 0.2) is 43.0 Å². The number of aromatic nitrogens is 2. The zero-order chi connectivity index (χ0) is 14.4. The van der Waals surface area contributed by atoms with Gasteiger partial charge in [-0.05, 0) is 18.6 Å². The van der Waals surface area contributed by atoms with E-state index in [4.69, 9.17) is 5.73 Å². The first-order valence-corrected chi connectivity index (χ1v) is 6.84. The van der Waals surface area contributed by atoms with E-state index in [1.165, 1.54) is 0 Å². The lowest BCUT2D eigenvalue weighted by molar-refractivity contribution is -0.119. The van der Waals surface area contributed by atoms with Crippen molar-refractivity contribution in [1.82, 2.24) is 9.55 Å². The van der Waals surface area contributed by atoms with Crippen molar-refractivity contribution in [3.05, 3.63) is 43.0 Å². The molecule has 1 aromatic carbocycles. The van der Waals surface area contributed by atoms with Crippen LogP contribution in [0.3, 0.4) is 0 Å². The van der Waals surface area contributed by atoms with E-state index in [1.54, 1.807) is 12.5 Å². The largest absolute Gasteiger partial charge is 0.330 e. The van der Waals surface area contributed by atoms with Gasteiger partial charge >= 0.3 is 0 Å². The third-order valence-electron chi connectivity index (χ3n) is 3.24. The summed E-state index contributed by atoms with van der Waals surface area (Å²) in [7, 11) is 0. The van der Waals surface area contributed by atoms with E-state index in [2.05, 4.69) is 17.2 Å². The molecular weight excluding hydrogens is 252 g/mol. The number of rotatable bonds is 6. The maximum atomic E-state index is 12.2. The van der Waals surface area contributed by atoms with Crippen molar-refractivity contribution in [2.75, 3.05) is 11.9 Å². The first-order chi connectivity index (χ1) is 9.76. The fraction of sp³-hybridized carbons (Fsp3) is 0.333. The number of amides is 1. The maximum absolute atomic E-state index is 12.2. The topological polar surface area (TPSA) is 72.9 Å². The van der Waals surface area contributed by atoms with Gasteiger partial charge in [-0.15, -0.1) is 0 Å². The number of hydrogen-bond donors (Lipinski definition) is 2. The van der Waals surface area contributed by atoms with E-state index in [0.29, 0.717) is 6.54 Å². The van der Waals surface area contributed by atoms with E-state index in [9.17, 15) is 4.79 Å². The molecule has 0 spiro atoms. The average Bonchev–Trinajstić information content (AvgIpc) is 2.99. The number of nitrogens with one attached hydrogen (secondary N) is 1. The molecule has 2 rings (SSSR count). The second-order valence-electron chi connectivity index (χ2n) is 4.70. The Morgan fingerprint density at radius 1 is 1.45 bits per heavy atom. The summed E-state index contributed by atoms with van der Waals surface area (Å²) in [5, 5.41) is 2.97. The monoisotopic (exact) mass is 272 g/mol. The summed E-state index contributed by atoms with van der Waals surface area (Å²) in [6, 6.07) is 7.64. The van der Waals surface area contributed by atoms with Gasteiger partial charge in [0.2, 0.25) is 5.91 Å². The van der Waals surface area contributed by atoms with Gasteiger partial charge in [-0.1, -0.05) is 25.5 Å². The van der Waals surface area contributed by atoms with Gasteiger partial charge in [0, 0.05) is 18.9 Å². The van der Waals surface area contributed by atoms with Crippen molar-refractivity contribution in [2.45, 2.75) is 19.8 Å². The van der Waals surface area contributed by atoms with E-state index in [-0.39, 0.29) is 11.8 Å². The molecule has 1 unspecified atom stereocenters. The molecule has 1 aromatic heterocycles. The van der Waals surface area contributed by atoms with E-state index >= 15 is 0 Å². The lowest BCUT2D eigenvalue weighted by atomic mass is 10.0. The molecule has 1 amide bonds. The second-order valence-corrected chi connectivity index (χ2v) is 4.70. The minimum Gasteiger partial charge on any atom is -0.330 e. The molecule has 1 heterocycles. The van der Waals surface area contributed by atoms with Crippen LogP contribution in [0.2, 0.25) is 0 Å². The minimum absolute atomic E-state index is 0.0260. The first kappa shape index (κ1) is 14.3. The highest BCUT2D eigenvalue weighted by molar-refractivity contribution is 5.94. The third kappa shape index (κ3) is 3.24. The summed E-state index contributed by atoms with van der Waals surface area (Å²) >= 11 is 0. The third-order valence-corrected chi connectivity index (χ3v) is 3.24. The lowest BCUT2D eigenvalue weighted by Crippen LogP contribution is -2.29. The molecule has 0 saturated carbocycles. The molecule has 0 saturated heterocycles. The molecule has 5 heteroatoms. The second kappa shape index (κ2) is 6.86. The number of anilines is 1. The van der Waals surface area contributed by atoms with Crippen LogP contribution < -0.4 is 11.1 Å². The van der Waals surface area contributed by atoms with Crippen LogP contribution in [0.25, 0.3) is 5.69 Å². The number of nitrogens with zero attached hydrogens (tertiary/aromatic N) is 2. The van der Waals surface area contributed by atoms with Crippen molar-refractivity contribution in [2.24, 2.45) is 11.7 Å². The molecule has 0 radical (unpaired) electrons. The Kier molecular flexibility index (Phi) is 4.90. The zero-order valence-corrected chi connectivity index (χ0v) is 11.6. The molecule has 0 bridgehead atoms. The highest BCUT2D eigenvalue weighted by Gasteiger charge is 2.17. The highest BCUT2D eigenvalue weighted by atomic mass is 16.1. The van der Waals surface area contributed by atoms with Crippen LogP contribution >= 0.6 is 0 Å². The Morgan fingerprint density at radius 2 is 2.25 bits per heavy atom. The smallest absolute Gasteiger partial charge is 0.228 e. The van der Waals surface area contributed by atoms with E-state index in [1.807, 2.05) is 35.0 Å². The molecule has 0 aliphatic carbocycles. The fourth-order valence-electron chi connectivity index (χ4n) is 2.15. The normalized spacial score (nSPS) is 12.1. The van der Waals surface area contributed by atoms with Crippen LogP contribution in [0, 0.1) is 5.92 Å². The molecule has 2 aromatic rings. The summed E-state index contributed by atoms with van der Waals surface area (Å²) in [4.78, 5) is 16.3. The number of imidazole rings is 1. The zero-order valence-electron chi connectivity index (χ0n) is 11.6. The van der Waals surface area contributed by atoms with Gasteiger partial charge < -0.3 is 15.6 Å². The van der Waals surface area contributed by atoms with E-state index < -0.39 is 0 Å². The van der Waals surface area contributed by atoms with Crippen LogP contribution in [0.1, 0.15) is 19.8 Å². The molecule has 106 valence electrons. The van der Waals surface area contributed by atoms with Crippen molar-refractivity contribution < 1.29 is 4.79 Å². The average molecular weight is 272 g/mol. The molecular formula is C15H20N4O. The van der Waals surface area contributed by atoms with Gasteiger partial charge in [0.1, 0.15) is 0 Å². The van der Waals surface area contributed by atoms with Gasteiger partial charge in [-0.3, -0.25) is 4.79 Å². The summed E-state index contributed by atoms with van der Waals surface area (Å²) in [5.41, 5.74) is 7.33. The first-order valence-electron chi connectivity index (χ1n) is 6.84. The Morgan fingerprint density at radius 3 is 2.90 bits per heavy atom. The van der Waals surface area contributed by atoms with Crippen LogP contribution in [0.4, 0.5) is 5.69 Å². The fourth-order valence-corrected chi connectivity index (χ4v) is 2.15. The molecule has 5 nitrogen and oxygen atoms in total. The van der Waals surface area contributed by atoms with Gasteiger partial charge in [-0.25, -0.2) is 4.98 Å². The number of carbonyl (C=O) groups is 1. The molecule has 0 aliphatic rings. The summed E-state index contributed by atoms with van der Waals surface area (Å²) in [5.74, 6) is -0.169. The van der Waals surface area contributed by atoms with Gasteiger partial charge in [0.25, 0.3) is 0 Å². The quantitative estimate of drug-likeness (QED) is 0.846. The highest BCUT2D eigenvalue weighted by Crippen LogP contribution is 2.20. The van der Waals surface area contributed by atoms with E-state index in [0.717, 1.165) is 24.2 Å². The van der Waals surface area contributed by atoms with Gasteiger partial charge in [0.15, 0.2) is 0 Å². The van der Waals surface area contributed by atoms with Crippen molar-refractivity contribution in [3.63, 3.8) is 0 Å². The molecule has 1 atom stereocenters. The van der Waals surface area contributed by atoms with Gasteiger partial charge in [0.05, 0.1) is 23.6 Å². The molecule has 0 aliphatic heterocycles. The molecule has 0 fully saturated rings. The number of hydrogen-bond acceptors (Lipinski definition) is 3. The Balaban J connectivity index is 2.19. The Bertz CT molecular complexity index is 551. The maximum Gasteiger partial charge on any atom is 0.228 e. The SMILES string of the molecule is CCCC(CN)C(=O)Nc1ccccc1-n1ccnc1. The summed E-state index contributed by atoms with van der Waals surface area (Å²) in [6.07, 6.45) is 7.00. The van der Waals surface area contributed by atoms with Gasteiger partial charge in [-0.2, -0.15) is 0 Å². The summed E-state index contributed by atoms with van der Waals surface area (Å²) in [6.45, 7) is 2.42. The standard InChI is InChI=1S/C15H20N4O/c1-2-5-12(10-16)15(20)18-13-6-3-4-7-14(13)19-9-8-17-11-19/h3-4,6-9,11-12H,2,5,10,16H2,1H3,(H,18,20). The minimum atomic E-state index is -0.143.